The molecule has 1 aliphatic rings. The maximum Gasteiger partial charge on any atom is 0.0426 e. The van der Waals surface area contributed by atoms with Gasteiger partial charge in [0.2, 0.25) is 0 Å². The first-order chi connectivity index (χ1) is 10.1. The Morgan fingerprint density at radius 1 is 1.19 bits per heavy atom. The highest BCUT2D eigenvalue weighted by Crippen LogP contribution is 2.22. The Morgan fingerprint density at radius 3 is 2.52 bits per heavy atom. The Balaban J connectivity index is 1.85. The number of rotatable bonds is 6. The smallest absolute Gasteiger partial charge is 0.0426 e. The maximum absolute atomic E-state index is 6.09. The van der Waals surface area contributed by atoms with Gasteiger partial charge in [-0.3, -0.25) is 4.90 Å². The molecule has 0 radical (unpaired) electrons. The molecule has 1 aromatic carbocycles. The molecule has 0 amide bonds. The highest BCUT2D eigenvalue weighted by molar-refractivity contribution is 6.30. The van der Waals surface area contributed by atoms with Crippen LogP contribution in [-0.2, 0) is 0 Å². The van der Waals surface area contributed by atoms with Crippen LogP contribution >= 0.6 is 11.6 Å². The molecule has 21 heavy (non-hydrogen) atoms. The number of nitrogens with one attached hydrogen (secondary N) is 1. The fraction of sp³-hybridized carbons (Fsp3) is 0.647. The van der Waals surface area contributed by atoms with Gasteiger partial charge < -0.3 is 10.2 Å². The largest absolute Gasteiger partial charge is 0.369 e. The van der Waals surface area contributed by atoms with E-state index in [1.807, 2.05) is 12.1 Å². The zero-order valence-electron chi connectivity index (χ0n) is 13.5. The lowest BCUT2D eigenvalue weighted by molar-refractivity contribution is 0.151. The molecule has 0 aliphatic carbocycles. The molecule has 0 bridgehead atoms. The average molecular weight is 310 g/mol. The maximum atomic E-state index is 6.09. The third-order valence-corrected chi connectivity index (χ3v) is 4.84. The molecule has 3 nitrogen and oxygen atoms in total. The fourth-order valence-corrected chi connectivity index (χ4v) is 3.15. The Hall–Kier alpha value is -0.770. The van der Waals surface area contributed by atoms with Crippen molar-refractivity contribution < 1.29 is 0 Å². The summed E-state index contributed by atoms with van der Waals surface area (Å²) in [6, 6.07) is 8.81. The van der Waals surface area contributed by atoms with E-state index in [1.54, 1.807) is 0 Å². The van der Waals surface area contributed by atoms with E-state index in [2.05, 4.69) is 48.0 Å². The van der Waals surface area contributed by atoms with E-state index in [1.165, 1.54) is 5.69 Å². The van der Waals surface area contributed by atoms with Gasteiger partial charge in [0, 0.05) is 42.9 Å². The molecule has 4 heteroatoms. The molecule has 0 aromatic heterocycles. The van der Waals surface area contributed by atoms with Gasteiger partial charge in [0.15, 0.2) is 0 Å². The summed E-state index contributed by atoms with van der Waals surface area (Å²) in [6.07, 6.45) is 0. The van der Waals surface area contributed by atoms with Crippen LogP contribution in [0.15, 0.2) is 24.3 Å². The zero-order valence-corrected chi connectivity index (χ0v) is 14.2. The Morgan fingerprint density at radius 2 is 1.90 bits per heavy atom. The van der Waals surface area contributed by atoms with Gasteiger partial charge in [0.1, 0.15) is 0 Å². The summed E-state index contributed by atoms with van der Waals surface area (Å²) < 4.78 is 0. The second-order valence-corrected chi connectivity index (χ2v) is 6.46. The van der Waals surface area contributed by atoms with Crippen LogP contribution in [0, 0.1) is 5.92 Å². The topological polar surface area (TPSA) is 18.5 Å². The van der Waals surface area contributed by atoms with Crippen LogP contribution in [0.5, 0.6) is 0 Å². The van der Waals surface area contributed by atoms with E-state index in [4.69, 9.17) is 11.6 Å². The second kappa shape index (κ2) is 8.02. The van der Waals surface area contributed by atoms with Crippen molar-refractivity contribution >= 4 is 17.3 Å². The molecule has 2 rings (SSSR count). The van der Waals surface area contributed by atoms with Crippen LogP contribution in [0.25, 0.3) is 0 Å². The number of hydrogen-bond donors (Lipinski definition) is 1. The number of nitrogens with zero attached hydrogens (tertiary/aromatic N) is 2. The molecule has 0 saturated carbocycles. The third-order valence-electron chi connectivity index (χ3n) is 4.60. The van der Waals surface area contributed by atoms with Crippen molar-refractivity contribution in [2.45, 2.75) is 26.8 Å². The monoisotopic (exact) mass is 309 g/mol. The van der Waals surface area contributed by atoms with E-state index in [9.17, 15) is 0 Å². The second-order valence-electron chi connectivity index (χ2n) is 6.03. The van der Waals surface area contributed by atoms with Crippen molar-refractivity contribution in [3.05, 3.63) is 29.3 Å². The molecule has 1 N–H and O–H groups in total. The molecule has 1 fully saturated rings. The van der Waals surface area contributed by atoms with Crippen LogP contribution < -0.4 is 10.2 Å². The van der Waals surface area contributed by atoms with Crippen molar-refractivity contribution in [1.82, 2.24) is 10.2 Å². The van der Waals surface area contributed by atoms with Gasteiger partial charge in [0.25, 0.3) is 0 Å². The number of benzene rings is 1. The Bertz CT molecular complexity index is 430. The molecule has 1 aliphatic heterocycles. The van der Waals surface area contributed by atoms with Crippen LogP contribution in [0.4, 0.5) is 5.69 Å². The van der Waals surface area contributed by atoms with Gasteiger partial charge in [-0.05, 0) is 44.1 Å². The van der Waals surface area contributed by atoms with E-state index in [0.29, 0.717) is 12.0 Å². The van der Waals surface area contributed by atoms with Crippen molar-refractivity contribution in [2.75, 3.05) is 44.2 Å². The first-order valence-electron chi connectivity index (χ1n) is 8.07. The van der Waals surface area contributed by atoms with E-state index in [0.717, 1.165) is 44.3 Å². The van der Waals surface area contributed by atoms with Gasteiger partial charge in [-0.2, -0.15) is 0 Å². The SMILES string of the molecule is CCNCC(C)C(C)N1CCN(c2cccc(Cl)c2)CC1. The number of halogens is 1. The normalized spacial score (nSPS) is 19.5. The lowest BCUT2D eigenvalue weighted by atomic mass is 10.0. The Labute approximate surface area is 134 Å². The summed E-state index contributed by atoms with van der Waals surface area (Å²) >= 11 is 6.09. The molecule has 1 heterocycles. The van der Waals surface area contributed by atoms with E-state index >= 15 is 0 Å². The lowest BCUT2D eigenvalue weighted by Crippen LogP contribution is -2.52. The quantitative estimate of drug-likeness (QED) is 0.871. The molecule has 2 atom stereocenters. The summed E-state index contributed by atoms with van der Waals surface area (Å²) in [6.45, 7) is 13.5. The Kier molecular flexibility index (Phi) is 6.34. The van der Waals surface area contributed by atoms with Crippen molar-refractivity contribution in [3.63, 3.8) is 0 Å². The van der Waals surface area contributed by atoms with Gasteiger partial charge in [-0.1, -0.05) is 31.5 Å². The van der Waals surface area contributed by atoms with Crippen LogP contribution in [-0.4, -0.2) is 50.2 Å². The minimum Gasteiger partial charge on any atom is -0.369 e. The molecular formula is C17H28ClN3. The van der Waals surface area contributed by atoms with E-state index in [-0.39, 0.29) is 0 Å². The molecule has 118 valence electrons. The number of anilines is 1. The molecule has 2 unspecified atom stereocenters. The lowest BCUT2D eigenvalue weighted by Gasteiger charge is -2.41. The van der Waals surface area contributed by atoms with Crippen molar-refractivity contribution in [1.29, 1.82) is 0 Å². The average Bonchev–Trinajstić information content (AvgIpc) is 2.52. The van der Waals surface area contributed by atoms with Gasteiger partial charge in [-0.25, -0.2) is 0 Å². The molecule has 1 aromatic rings. The first kappa shape index (κ1) is 16.6. The summed E-state index contributed by atoms with van der Waals surface area (Å²) in [7, 11) is 0. The van der Waals surface area contributed by atoms with Crippen LogP contribution in [0.1, 0.15) is 20.8 Å². The van der Waals surface area contributed by atoms with E-state index < -0.39 is 0 Å². The molecule has 1 saturated heterocycles. The first-order valence-corrected chi connectivity index (χ1v) is 8.45. The fourth-order valence-electron chi connectivity index (χ4n) is 2.96. The summed E-state index contributed by atoms with van der Waals surface area (Å²) in [5.74, 6) is 0.683. The predicted molar refractivity (Wildman–Crippen MR) is 92.4 cm³/mol. The number of hydrogen-bond acceptors (Lipinski definition) is 3. The van der Waals surface area contributed by atoms with Crippen molar-refractivity contribution in [3.8, 4) is 0 Å². The van der Waals surface area contributed by atoms with Gasteiger partial charge in [-0.15, -0.1) is 0 Å². The summed E-state index contributed by atoms with van der Waals surface area (Å²) in [5.41, 5.74) is 1.25. The number of piperazine rings is 1. The minimum absolute atomic E-state index is 0.630. The minimum atomic E-state index is 0.630. The van der Waals surface area contributed by atoms with Crippen molar-refractivity contribution in [2.24, 2.45) is 5.92 Å². The van der Waals surface area contributed by atoms with Gasteiger partial charge >= 0.3 is 0 Å². The summed E-state index contributed by atoms with van der Waals surface area (Å²) in [4.78, 5) is 5.05. The highest BCUT2D eigenvalue weighted by atomic mass is 35.5. The third kappa shape index (κ3) is 4.60. The molecular weight excluding hydrogens is 282 g/mol. The summed E-state index contributed by atoms with van der Waals surface area (Å²) in [5, 5.41) is 4.28. The standard InChI is InChI=1S/C17H28ClN3/c1-4-19-13-14(2)15(3)20-8-10-21(11-9-20)17-7-5-6-16(18)12-17/h5-7,12,14-15,19H,4,8-11,13H2,1-3H3. The predicted octanol–water partition coefficient (Wildman–Crippen LogP) is 3.10. The highest BCUT2D eigenvalue weighted by Gasteiger charge is 2.24. The van der Waals surface area contributed by atoms with Crippen LogP contribution in [0.2, 0.25) is 5.02 Å². The molecule has 0 spiro atoms. The van der Waals surface area contributed by atoms with Gasteiger partial charge in [0.05, 0.1) is 0 Å². The zero-order chi connectivity index (χ0) is 15.2. The van der Waals surface area contributed by atoms with Crippen LogP contribution in [0.3, 0.4) is 0 Å².